The molecule has 1 aliphatic heterocycles. The number of ketones is 1. The van der Waals surface area contributed by atoms with Crippen LogP contribution < -0.4 is 14.4 Å². The highest BCUT2D eigenvalue weighted by atomic mass is 16.5. The maximum atomic E-state index is 13.5. The number of aromatic amines is 1. The molecule has 1 aliphatic rings. The average Bonchev–Trinajstić information content (AvgIpc) is 3.46. The van der Waals surface area contributed by atoms with Gasteiger partial charge in [-0.05, 0) is 36.4 Å². The minimum absolute atomic E-state index is 0.0827. The van der Waals surface area contributed by atoms with Gasteiger partial charge < -0.3 is 19.6 Å². The normalized spacial score (nSPS) is 16.8. The quantitative estimate of drug-likeness (QED) is 0.244. The van der Waals surface area contributed by atoms with Crippen molar-refractivity contribution in [3.63, 3.8) is 0 Å². The summed E-state index contributed by atoms with van der Waals surface area (Å²) in [5.41, 5.74) is 2.35. The van der Waals surface area contributed by atoms with E-state index >= 15 is 0 Å². The van der Waals surface area contributed by atoms with Crippen molar-refractivity contribution in [3.05, 3.63) is 95.2 Å². The van der Waals surface area contributed by atoms with E-state index in [2.05, 4.69) is 4.98 Å². The Balaban J connectivity index is 1.80. The lowest BCUT2D eigenvalue weighted by atomic mass is 9.94. The van der Waals surface area contributed by atoms with Gasteiger partial charge in [-0.1, -0.05) is 30.3 Å². The Bertz CT molecular complexity index is 1580. The standard InChI is InChI=1S/C28H21N3O5/c1-35-22-9-5-7-19(27(22)36-2)24-23(25(32)20-15-30-21-8-4-3-6-18(20)21)26(33)28(34)31(24)17-12-10-16(14-29)11-13-17/h3-13,15,24,30,32H,1-2H3/b25-23+. The summed E-state index contributed by atoms with van der Waals surface area (Å²) in [5, 5.41) is 21.4. The number of carbonyl (C=O) groups excluding carboxylic acids is 2. The molecule has 0 bridgehead atoms. The highest BCUT2D eigenvalue weighted by molar-refractivity contribution is 6.52. The number of Topliss-reactive ketones (excluding diaryl/α,β-unsaturated/α-hetero) is 1. The van der Waals surface area contributed by atoms with Crippen molar-refractivity contribution < 1.29 is 24.2 Å². The Hall–Kier alpha value is -5.03. The third-order valence-electron chi connectivity index (χ3n) is 6.29. The zero-order valence-electron chi connectivity index (χ0n) is 19.5. The van der Waals surface area contributed by atoms with Crippen molar-refractivity contribution in [1.29, 1.82) is 5.26 Å². The Labute approximate surface area is 206 Å². The minimum atomic E-state index is -1.02. The zero-order valence-corrected chi connectivity index (χ0v) is 19.5. The largest absolute Gasteiger partial charge is 0.507 e. The molecule has 0 saturated carbocycles. The molecule has 1 fully saturated rings. The van der Waals surface area contributed by atoms with E-state index in [-0.39, 0.29) is 11.3 Å². The highest BCUT2D eigenvalue weighted by Gasteiger charge is 2.48. The predicted octanol–water partition coefficient (Wildman–Crippen LogP) is 4.68. The van der Waals surface area contributed by atoms with Gasteiger partial charge in [-0.15, -0.1) is 0 Å². The van der Waals surface area contributed by atoms with Gasteiger partial charge in [0.2, 0.25) is 0 Å². The Morgan fingerprint density at radius 1 is 1.00 bits per heavy atom. The summed E-state index contributed by atoms with van der Waals surface area (Å²) in [6.07, 6.45) is 1.61. The van der Waals surface area contributed by atoms with Crippen LogP contribution in [0.5, 0.6) is 11.5 Å². The third kappa shape index (κ3) is 3.46. The number of amides is 1. The molecule has 0 spiro atoms. The molecule has 0 aliphatic carbocycles. The molecule has 2 N–H and O–H groups in total. The number of carbonyl (C=O) groups is 2. The first-order valence-corrected chi connectivity index (χ1v) is 11.1. The second-order valence-electron chi connectivity index (χ2n) is 8.16. The maximum Gasteiger partial charge on any atom is 0.300 e. The molecule has 178 valence electrons. The van der Waals surface area contributed by atoms with Crippen LogP contribution in [0.1, 0.15) is 22.7 Å². The average molecular weight is 479 g/mol. The number of hydrogen-bond acceptors (Lipinski definition) is 6. The number of H-pyrrole nitrogens is 1. The van der Waals surface area contributed by atoms with Crippen molar-refractivity contribution in [3.8, 4) is 17.6 Å². The number of nitrogens with zero attached hydrogens (tertiary/aromatic N) is 2. The fraction of sp³-hybridized carbons (Fsp3) is 0.107. The monoisotopic (exact) mass is 479 g/mol. The maximum absolute atomic E-state index is 13.5. The molecular formula is C28H21N3O5. The molecular weight excluding hydrogens is 458 g/mol. The fourth-order valence-corrected chi connectivity index (χ4v) is 4.63. The summed E-state index contributed by atoms with van der Waals surface area (Å²) < 4.78 is 11.1. The lowest BCUT2D eigenvalue weighted by molar-refractivity contribution is -0.132. The number of rotatable bonds is 5. The van der Waals surface area contributed by atoms with Crippen molar-refractivity contribution in [2.75, 3.05) is 19.1 Å². The Morgan fingerprint density at radius 2 is 1.75 bits per heavy atom. The molecule has 1 saturated heterocycles. The SMILES string of the molecule is COc1cccc(C2/C(=C(\O)c3c[nH]c4ccccc34)C(=O)C(=O)N2c2ccc(C#N)cc2)c1OC. The second-order valence-corrected chi connectivity index (χ2v) is 8.16. The number of anilines is 1. The van der Waals surface area contributed by atoms with E-state index in [0.717, 1.165) is 5.52 Å². The van der Waals surface area contributed by atoms with Crippen LogP contribution in [0, 0.1) is 11.3 Å². The molecule has 3 aromatic carbocycles. The van der Waals surface area contributed by atoms with Gasteiger partial charge in [0, 0.05) is 33.9 Å². The molecule has 1 amide bonds. The first kappa shape index (κ1) is 22.7. The number of aromatic nitrogens is 1. The summed E-state index contributed by atoms with van der Waals surface area (Å²) in [6.45, 7) is 0. The first-order chi connectivity index (χ1) is 17.5. The first-order valence-electron chi connectivity index (χ1n) is 11.1. The van der Waals surface area contributed by atoms with Gasteiger partial charge in [0.1, 0.15) is 5.76 Å². The zero-order chi connectivity index (χ0) is 25.4. The molecule has 4 aromatic rings. The fourth-order valence-electron chi connectivity index (χ4n) is 4.63. The molecule has 1 unspecified atom stereocenters. The molecule has 0 radical (unpaired) electrons. The van der Waals surface area contributed by atoms with Gasteiger partial charge in [-0.3, -0.25) is 14.5 Å². The van der Waals surface area contributed by atoms with Crippen molar-refractivity contribution in [2.24, 2.45) is 0 Å². The smallest absolute Gasteiger partial charge is 0.300 e. The van der Waals surface area contributed by atoms with E-state index in [1.807, 2.05) is 30.3 Å². The van der Waals surface area contributed by atoms with E-state index in [0.29, 0.717) is 39.3 Å². The number of nitrogens with one attached hydrogen (secondary N) is 1. The van der Waals surface area contributed by atoms with E-state index in [4.69, 9.17) is 9.47 Å². The number of aliphatic hydroxyl groups excluding tert-OH is 1. The van der Waals surface area contributed by atoms with Crippen molar-refractivity contribution in [1.82, 2.24) is 4.98 Å². The van der Waals surface area contributed by atoms with Crippen LogP contribution in [0.2, 0.25) is 0 Å². The predicted molar refractivity (Wildman–Crippen MR) is 134 cm³/mol. The van der Waals surface area contributed by atoms with Gasteiger partial charge in [0.05, 0.1) is 37.5 Å². The van der Waals surface area contributed by atoms with Crippen molar-refractivity contribution >= 4 is 34.0 Å². The van der Waals surface area contributed by atoms with Crippen LogP contribution in [0.25, 0.3) is 16.7 Å². The van der Waals surface area contributed by atoms with Gasteiger partial charge in [0.15, 0.2) is 11.5 Å². The third-order valence-corrected chi connectivity index (χ3v) is 6.29. The lowest BCUT2D eigenvalue weighted by Crippen LogP contribution is -2.29. The molecule has 8 heteroatoms. The minimum Gasteiger partial charge on any atom is -0.507 e. The van der Waals surface area contributed by atoms with Crippen LogP contribution in [0.3, 0.4) is 0 Å². The summed E-state index contributed by atoms with van der Waals surface area (Å²) in [7, 11) is 2.96. The van der Waals surface area contributed by atoms with Gasteiger partial charge >= 0.3 is 0 Å². The van der Waals surface area contributed by atoms with Crippen LogP contribution in [0.4, 0.5) is 5.69 Å². The molecule has 36 heavy (non-hydrogen) atoms. The number of methoxy groups -OCH3 is 2. The number of ether oxygens (including phenoxy) is 2. The number of fused-ring (bicyclic) bond motifs is 1. The molecule has 8 nitrogen and oxygen atoms in total. The van der Waals surface area contributed by atoms with Crippen LogP contribution in [-0.2, 0) is 9.59 Å². The summed E-state index contributed by atoms with van der Waals surface area (Å²) in [6, 6.07) is 19.8. The van der Waals surface area contributed by atoms with Gasteiger partial charge in [-0.2, -0.15) is 5.26 Å². The number of para-hydroxylation sites is 2. The molecule has 1 atom stereocenters. The summed E-state index contributed by atoms with van der Waals surface area (Å²) >= 11 is 0. The van der Waals surface area contributed by atoms with E-state index in [1.165, 1.54) is 19.1 Å². The van der Waals surface area contributed by atoms with Crippen LogP contribution >= 0.6 is 0 Å². The lowest BCUT2D eigenvalue weighted by Gasteiger charge is -2.27. The van der Waals surface area contributed by atoms with Crippen LogP contribution in [-0.4, -0.2) is 36.0 Å². The molecule has 1 aromatic heterocycles. The van der Waals surface area contributed by atoms with Gasteiger partial charge in [-0.25, -0.2) is 0 Å². The number of nitriles is 1. The van der Waals surface area contributed by atoms with E-state index in [9.17, 15) is 20.0 Å². The topological polar surface area (TPSA) is 116 Å². The Morgan fingerprint density at radius 3 is 2.44 bits per heavy atom. The van der Waals surface area contributed by atoms with E-state index < -0.39 is 17.7 Å². The van der Waals surface area contributed by atoms with E-state index in [1.54, 1.807) is 48.7 Å². The van der Waals surface area contributed by atoms with Gasteiger partial charge in [0.25, 0.3) is 11.7 Å². The Kier molecular flexibility index (Phi) is 5.66. The second kappa shape index (κ2) is 8.96. The highest BCUT2D eigenvalue weighted by Crippen LogP contribution is 2.47. The molecule has 5 rings (SSSR count). The summed E-state index contributed by atoms with van der Waals surface area (Å²) in [5.74, 6) is -1.22. The summed E-state index contributed by atoms with van der Waals surface area (Å²) in [4.78, 5) is 31.3. The van der Waals surface area contributed by atoms with Crippen LogP contribution in [0.15, 0.2) is 78.5 Å². The number of hydrogen-bond donors (Lipinski definition) is 2. The molecule has 2 heterocycles. The van der Waals surface area contributed by atoms with Crippen molar-refractivity contribution in [2.45, 2.75) is 6.04 Å². The number of aliphatic hydroxyl groups is 1. The number of benzene rings is 3.